The standard InChI is InChI=1S/C14H20N2O2/c15-13-5-3-4-12(10-13)11-14(17)18-9-8-16-6-1-2-7-16/h3-5,10H,1-2,6-9,11,15H2. The lowest BCUT2D eigenvalue weighted by molar-refractivity contribution is -0.143. The third kappa shape index (κ3) is 4.04. The summed E-state index contributed by atoms with van der Waals surface area (Å²) in [6, 6.07) is 7.35. The molecular formula is C14H20N2O2. The minimum absolute atomic E-state index is 0.181. The summed E-state index contributed by atoms with van der Waals surface area (Å²) in [6.07, 6.45) is 2.82. The Hall–Kier alpha value is -1.55. The van der Waals surface area contributed by atoms with Gasteiger partial charge in [0.05, 0.1) is 6.42 Å². The van der Waals surface area contributed by atoms with E-state index < -0.39 is 0 Å². The number of benzene rings is 1. The molecule has 0 amide bonds. The SMILES string of the molecule is Nc1cccc(CC(=O)OCCN2CCCC2)c1. The van der Waals surface area contributed by atoms with Gasteiger partial charge in [-0.2, -0.15) is 0 Å². The number of nitrogens with zero attached hydrogens (tertiary/aromatic N) is 1. The molecule has 0 bridgehead atoms. The van der Waals surface area contributed by atoms with Crippen molar-refractivity contribution in [2.24, 2.45) is 0 Å². The van der Waals surface area contributed by atoms with E-state index in [0.29, 0.717) is 18.7 Å². The molecule has 0 saturated carbocycles. The molecule has 4 heteroatoms. The molecule has 98 valence electrons. The Balaban J connectivity index is 1.68. The Morgan fingerprint density at radius 1 is 1.33 bits per heavy atom. The topological polar surface area (TPSA) is 55.6 Å². The van der Waals surface area contributed by atoms with Crippen LogP contribution >= 0.6 is 0 Å². The Kier molecular flexibility index (Phi) is 4.59. The highest BCUT2D eigenvalue weighted by atomic mass is 16.5. The number of nitrogen functional groups attached to an aromatic ring is 1. The van der Waals surface area contributed by atoms with Crippen LogP contribution in [0.3, 0.4) is 0 Å². The summed E-state index contributed by atoms with van der Waals surface area (Å²) >= 11 is 0. The predicted octanol–water partition coefficient (Wildman–Crippen LogP) is 1.45. The quantitative estimate of drug-likeness (QED) is 0.633. The van der Waals surface area contributed by atoms with Crippen molar-refractivity contribution in [3.05, 3.63) is 29.8 Å². The molecule has 1 aromatic carbocycles. The van der Waals surface area contributed by atoms with Gasteiger partial charge < -0.3 is 10.5 Å². The summed E-state index contributed by atoms with van der Waals surface area (Å²) in [5.74, 6) is -0.181. The molecule has 2 rings (SSSR count). The van der Waals surface area contributed by atoms with Gasteiger partial charge in [0.1, 0.15) is 6.61 Å². The minimum atomic E-state index is -0.181. The van der Waals surface area contributed by atoms with E-state index in [1.165, 1.54) is 12.8 Å². The molecule has 0 aromatic heterocycles. The molecule has 4 nitrogen and oxygen atoms in total. The van der Waals surface area contributed by atoms with Crippen LogP contribution in [0, 0.1) is 0 Å². The average Bonchev–Trinajstić information content (AvgIpc) is 2.82. The molecule has 1 aliphatic heterocycles. The third-order valence-electron chi connectivity index (χ3n) is 3.17. The van der Waals surface area contributed by atoms with Crippen molar-refractivity contribution in [2.75, 3.05) is 32.0 Å². The molecule has 0 radical (unpaired) electrons. The van der Waals surface area contributed by atoms with Crippen molar-refractivity contribution < 1.29 is 9.53 Å². The first-order chi connectivity index (χ1) is 8.74. The lowest BCUT2D eigenvalue weighted by Crippen LogP contribution is -2.25. The number of nitrogens with two attached hydrogens (primary N) is 1. The van der Waals surface area contributed by atoms with E-state index in [2.05, 4.69) is 4.90 Å². The molecular weight excluding hydrogens is 228 g/mol. The number of rotatable bonds is 5. The number of ether oxygens (including phenoxy) is 1. The molecule has 1 fully saturated rings. The fourth-order valence-corrected chi connectivity index (χ4v) is 2.22. The van der Waals surface area contributed by atoms with Crippen molar-refractivity contribution in [1.82, 2.24) is 4.90 Å². The van der Waals surface area contributed by atoms with Crippen LogP contribution in [0.1, 0.15) is 18.4 Å². The van der Waals surface area contributed by atoms with Crippen LogP contribution in [0.5, 0.6) is 0 Å². The number of hydrogen-bond acceptors (Lipinski definition) is 4. The van der Waals surface area contributed by atoms with Crippen LogP contribution < -0.4 is 5.73 Å². The first kappa shape index (κ1) is 12.9. The Bertz CT molecular complexity index is 401. The summed E-state index contributed by atoms with van der Waals surface area (Å²) in [5, 5.41) is 0. The largest absolute Gasteiger partial charge is 0.464 e. The highest BCUT2D eigenvalue weighted by molar-refractivity contribution is 5.73. The first-order valence-electron chi connectivity index (χ1n) is 6.46. The summed E-state index contributed by atoms with van der Waals surface area (Å²) in [6.45, 7) is 3.60. The summed E-state index contributed by atoms with van der Waals surface area (Å²) in [4.78, 5) is 13.9. The molecule has 0 unspecified atom stereocenters. The number of hydrogen-bond donors (Lipinski definition) is 1. The summed E-state index contributed by atoms with van der Waals surface area (Å²) in [7, 11) is 0. The lowest BCUT2D eigenvalue weighted by atomic mass is 10.1. The Morgan fingerprint density at radius 3 is 2.83 bits per heavy atom. The molecule has 1 aliphatic rings. The number of likely N-dealkylation sites (tertiary alicyclic amines) is 1. The van der Waals surface area contributed by atoms with E-state index in [-0.39, 0.29) is 5.97 Å². The third-order valence-corrected chi connectivity index (χ3v) is 3.17. The molecule has 0 spiro atoms. The van der Waals surface area contributed by atoms with Crippen molar-refractivity contribution in [1.29, 1.82) is 0 Å². The maximum atomic E-state index is 11.6. The van der Waals surface area contributed by atoms with Crippen molar-refractivity contribution >= 4 is 11.7 Å². The second-order valence-corrected chi connectivity index (χ2v) is 4.69. The fourth-order valence-electron chi connectivity index (χ4n) is 2.22. The van der Waals surface area contributed by atoms with Crippen molar-refractivity contribution in [2.45, 2.75) is 19.3 Å². The van der Waals surface area contributed by atoms with E-state index in [1.54, 1.807) is 0 Å². The van der Waals surface area contributed by atoms with Crippen LogP contribution in [0.25, 0.3) is 0 Å². The number of carbonyl (C=O) groups excluding carboxylic acids is 1. The van der Waals surface area contributed by atoms with Crippen molar-refractivity contribution in [3.63, 3.8) is 0 Å². The number of esters is 1. The van der Waals surface area contributed by atoms with Gasteiger partial charge in [0, 0.05) is 12.2 Å². The van der Waals surface area contributed by atoms with Gasteiger partial charge in [-0.15, -0.1) is 0 Å². The van der Waals surface area contributed by atoms with Gasteiger partial charge in [0.25, 0.3) is 0 Å². The zero-order chi connectivity index (χ0) is 12.8. The molecule has 1 aromatic rings. The van der Waals surface area contributed by atoms with Gasteiger partial charge in [0.2, 0.25) is 0 Å². The van der Waals surface area contributed by atoms with Crippen LogP contribution in [0.4, 0.5) is 5.69 Å². The molecule has 0 aliphatic carbocycles. The zero-order valence-electron chi connectivity index (χ0n) is 10.6. The zero-order valence-corrected chi connectivity index (χ0v) is 10.6. The highest BCUT2D eigenvalue weighted by Crippen LogP contribution is 2.08. The molecule has 0 atom stereocenters. The number of carbonyl (C=O) groups is 1. The van der Waals surface area contributed by atoms with Gasteiger partial charge >= 0.3 is 5.97 Å². The second-order valence-electron chi connectivity index (χ2n) is 4.69. The average molecular weight is 248 g/mol. The maximum absolute atomic E-state index is 11.6. The van der Waals surface area contributed by atoms with Crippen LogP contribution in [0.2, 0.25) is 0 Å². The second kappa shape index (κ2) is 6.40. The molecule has 1 heterocycles. The Labute approximate surface area is 108 Å². The molecule has 1 saturated heterocycles. The van der Waals surface area contributed by atoms with Gasteiger partial charge in [0.15, 0.2) is 0 Å². The van der Waals surface area contributed by atoms with E-state index in [9.17, 15) is 4.79 Å². The monoisotopic (exact) mass is 248 g/mol. The van der Waals surface area contributed by atoms with Gasteiger partial charge in [-0.3, -0.25) is 9.69 Å². The molecule has 18 heavy (non-hydrogen) atoms. The highest BCUT2D eigenvalue weighted by Gasteiger charge is 2.12. The number of anilines is 1. The van der Waals surface area contributed by atoms with Crippen LogP contribution in [-0.4, -0.2) is 37.1 Å². The van der Waals surface area contributed by atoms with Gasteiger partial charge in [-0.05, 0) is 43.6 Å². The minimum Gasteiger partial charge on any atom is -0.464 e. The summed E-state index contributed by atoms with van der Waals surface area (Å²) < 4.78 is 5.23. The molecule has 2 N–H and O–H groups in total. The van der Waals surface area contributed by atoms with E-state index in [0.717, 1.165) is 25.2 Å². The van der Waals surface area contributed by atoms with E-state index in [1.807, 2.05) is 24.3 Å². The van der Waals surface area contributed by atoms with Gasteiger partial charge in [-0.25, -0.2) is 0 Å². The van der Waals surface area contributed by atoms with Crippen molar-refractivity contribution in [3.8, 4) is 0 Å². The summed E-state index contributed by atoms with van der Waals surface area (Å²) in [5.41, 5.74) is 7.24. The van der Waals surface area contributed by atoms with Gasteiger partial charge in [-0.1, -0.05) is 12.1 Å². The first-order valence-corrected chi connectivity index (χ1v) is 6.46. The smallest absolute Gasteiger partial charge is 0.310 e. The normalized spacial score (nSPS) is 15.8. The predicted molar refractivity (Wildman–Crippen MR) is 71.2 cm³/mol. The van der Waals surface area contributed by atoms with Crippen LogP contribution in [0.15, 0.2) is 24.3 Å². The van der Waals surface area contributed by atoms with E-state index in [4.69, 9.17) is 10.5 Å². The maximum Gasteiger partial charge on any atom is 0.310 e. The lowest BCUT2D eigenvalue weighted by Gasteiger charge is -2.14. The van der Waals surface area contributed by atoms with E-state index >= 15 is 0 Å². The fraction of sp³-hybridized carbons (Fsp3) is 0.500. The van der Waals surface area contributed by atoms with Crippen LogP contribution in [-0.2, 0) is 16.0 Å². The Morgan fingerprint density at radius 2 is 2.11 bits per heavy atom.